The Morgan fingerprint density at radius 2 is 1.90 bits per heavy atom. The van der Waals surface area contributed by atoms with Gasteiger partial charge >= 0.3 is 0 Å². The average molecular weight is 405 g/mol. The van der Waals surface area contributed by atoms with Crippen LogP contribution in [0.5, 0.6) is 0 Å². The summed E-state index contributed by atoms with van der Waals surface area (Å²) in [6, 6.07) is 3.79. The molecule has 29 heavy (non-hydrogen) atoms. The van der Waals surface area contributed by atoms with Crippen LogP contribution in [-0.2, 0) is 6.42 Å². The zero-order valence-corrected chi connectivity index (χ0v) is 17.6. The van der Waals surface area contributed by atoms with E-state index in [4.69, 9.17) is 9.63 Å². The Hall–Kier alpha value is -1.44. The molecular weight excluding hydrogens is 368 g/mol. The van der Waals surface area contributed by atoms with E-state index in [2.05, 4.69) is 20.7 Å². The van der Waals surface area contributed by atoms with E-state index in [1.807, 2.05) is 6.92 Å². The Kier molecular flexibility index (Phi) is 6.88. The number of aryl methyl sites for hydroxylation is 1. The highest BCUT2D eigenvalue weighted by Crippen LogP contribution is 2.38. The lowest BCUT2D eigenvalue weighted by atomic mass is 9.84. The number of aromatic nitrogens is 1. The summed E-state index contributed by atoms with van der Waals surface area (Å²) in [4.78, 5) is 15.3. The number of aliphatic hydroxyl groups excluding tert-OH is 1. The third kappa shape index (κ3) is 5.01. The average Bonchev–Trinajstić information content (AvgIpc) is 3.30. The van der Waals surface area contributed by atoms with Crippen LogP contribution in [0.1, 0.15) is 74.5 Å². The standard InChI is InChI=1S/C22H36N4O3/c1-2-20-13-21(25-29-20)22(28)24-17-11-18-7-8-19(12-17)26(18)14-15-3-5-16(6-4-15)23-9-10-27/h13,15-19,23,27H,2-12,14H2,1H3,(H,24,28)/t15?,16?,17?,18-,19+. The summed E-state index contributed by atoms with van der Waals surface area (Å²) in [6.45, 7) is 4.15. The van der Waals surface area contributed by atoms with Crippen LogP contribution in [-0.4, -0.2) is 64.9 Å². The highest BCUT2D eigenvalue weighted by atomic mass is 16.5. The molecule has 7 heteroatoms. The third-order valence-electron chi connectivity index (χ3n) is 7.22. The van der Waals surface area contributed by atoms with Crippen molar-refractivity contribution < 1.29 is 14.4 Å². The smallest absolute Gasteiger partial charge is 0.273 e. The van der Waals surface area contributed by atoms with Crippen molar-refractivity contribution in [3.8, 4) is 0 Å². The summed E-state index contributed by atoms with van der Waals surface area (Å²) in [5.74, 6) is 1.45. The van der Waals surface area contributed by atoms with Crippen molar-refractivity contribution in [1.82, 2.24) is 20.7 Å². The second-order valence-electron chi connectivity index (χ2n) is 9.15. The largest absolute Gasteiger partial charge is 0.395 e. The maximum Gasteiger partial charge on any atom is 0.273 e. The summed E-state index contributed by atoms with van der Waals surface area (Å²) < 4.78 is 5.17. The molecule has 4 rings (SSSR count). The minimum absolute atomic E-state index is 0.0972. The van der Waals surface area contributed by atoms with Gasteiger partial charge in [0.2, 0.25) is 0 Å². The number of carbonyl (C=O) groups excluding carboxylic acids is 1. The molecule has 2 aliphatic heterocycles. The summed E-state index contributed by atoms with van der Waals surface area (Å²) in [5.41, 5.74) is 0.406. The number of fused-ring (bicyclic) bond motifs is 2. The summed E-state index contributed by atoms with van der Waals surface area (Å²) in [6.07, 6.45) is 10.4. The topological polar surface area (TPSA) is 90.6 Å². The van der Waals surface area contributed by atoms with E-state index < -0.39 is 0 Å². The van der Waals surface area contributed by atoms with Crippen molar-refractivity contribution in [2.75, 3.05) is 19.7 Å². The quantitative estimate of drug-likeness (QED) is 0.615. The van der Waals surface area contributed by atoms with Crippen LogP contribution >= 0.6 is 0 Å². The minimum Gasteiger partial charge on any atom is -0.395 e. The predicted molar refractivity (Wildman–Crippen MR) is 111 cm³/mol. The molecule has 2 saturated heterocycles. The summed E-state index contributed by atoms with van der Waals surface area (Å²) in [7, 11) is 0. The van der Waals surface area contributed by atoms with E-state index in [0.717, 1.165) is 30.9 Å². The van der Waals surface area contributed by atoms with Crippen molar-refractivity contribution in [1.29, 1.82) is 0 Å². The van der Waals surface area contributed by atoms with Gasteiger partial charge in [-0.25, -0.2) is 0 Å². The van der Waals surface area contributed by atoms with Crippen LogP contribution < -0.4 is 10.6 Å². The van der Waals surface area contributed by atoms with Crippen LogP contribution in [0.4, 0.5) is 0 Å². The molecule has 3 fully saturated rings. The Balaban J connectivity index is 1.24. The van der Waals surface area contributed by atoms with Crippen LogP contribution in [0.15, 0.2) is 10.6 Å². The number of amides is 1. The lowest BCUT2D eigenvalue weighted by Crippen LogP contribution is -2.52. The van der Waals surface area contributed by atoms with Gasteiger partial charge in [0.05, 0.1) is 6.61 Å². The maximum absolute atomic E-state index is 12.5. The fourth-order valence-corrected chi connectivity index (χ4v) is 5.65. The molecule has 162 valence electrons. The van der Waals surface area contributed by atoms with Gasteiger partial charge in [-0.15, -0.1) is 0 Å². The van der Waals surface area contributed by atoms with E-state index >= 15 is 0 Å². The fraction of sp³-hybridized carbons (Fsp3) is 0.818. The first-order valence-corrected chi connectivity index (χ1v) is 11.5. The molecule has 7 nitrogen and oxygen atoms in total. The second-order valence-corrected chi connectivity index (χ2v) is 9.15. The number of carbonyl (C=O) groups is 1. The molecule has 3 heterocycles. The fourth-order valence-electron chi connectivity index (χ4n) is 5.65. The molecule has 3 atom stereocenters. The van der Waals surface area contributed by atoms with E-state index in [0.29, 0.717) is 30.4 Å². The number of piperidine rings is 1. The van der Waals surface area contributed by atoms with Gasteiger partial charge in [-0.3, -0.25) is 9.69 Å². The van der Waals surface area contributed by atoms with E-state index in [-0.39, 0.29) is 18.6 Å². The van der Waals surface area contributed by atoms with E-state index in [1.54, 1.807) is 6.07 Å². The van der Waals surface area contributed by atoms with Crippen molar-refractivity contribution in [2.24, 2.45) is 5.92 Å². The second kappa shape index (κ2) is 9.58. The Bertz CT molecular complexity index is 657. The maximum atomic E-state index is 12.5. The Morgan fingerprint density at radius 3 is 2.52 bits per heavy atom. The van der Waals surface area contributed by atoms with E-state index in [1.165, 1.54) is 45.1 Å². The highest BCUT2D eigenvalue weighted by Gasteiger charge is 2.42. The molecule has 1 unspecified atom stereocenters. The normalized spacial score (nSPS) is 32.4. The lowest BCUT2D eigenvalue weighted by Gasteiger charge is -2.42. The molecule has 0 spiro atoms. The van der Waals surface area contributed by atoms with Gasteiger partial charge in [0, 0.05) is 49.7 Å². The zero-order valence-electron chi connectivity index (χ0n) is 17.6. The third-order valence-corrected chi connectivity index (χ3v) is 7.22. The molecule has 0 aromatic carbocycles. The van der Waals surface area contributed by atoms with E-state index in [9.17, 15) is 4.79 Å². The number of hydrogen-bond donors (Lipinski definition) is 3. The first-order chi connectivity index (χ1) is 14.2. The van der Waals surface area contributed by atoms with Crippen LogP contribution in [0.25, 0.3) is 0 Å². The number of rotatable bonds is 8. The van der Waals surface area contributed by atoms with Crippen LogP contribution in [0.2, 0.25) is 0 Å². The van der Waals surface area contributed by atoms with Gasteiger partial charge in [0.15, 0.2) is 5.69 Å². The molecule has 1 amide bonds. The number of nitrogens with zero attached hydrogens (tertiary/aromatic N) is 2. The summed E-state index contributed by atoms with van der Waals surface area (Å²) >= 11 is 0. The molecule has 2 bridgehead atoms. The van der Waals surface area contributed by atoms with Crippen molar-refractivity contribution in [2.45, 2.75) is 88.9 Å². The number of aliphatic hydroxyl groups is 1. The van der Waals surface area contributed by atoms with Crippen LogP contribution in [0, 0.1) is 5.92 Å². The molecule has 1 aliphatic carbocycles. The lowest BCUT2D eigenvalue weighted by molar-refractivity contribution is 0.0742. The van der Waals surface area contributed by atoms with Crippen molar-refractivity contribution >= 4 is 5.91 Å². The molecular formula is C22H36N4O3. The molecule has 3 aliphatic rings. The Labute approximate surface area is 173 Å². The van der Waals surface area contributed by atoms with Gasteiger partial charge in [-0.1, -0.05) is 12.1 Å². The van der Waals surface area contributed by atoms with Crippen molar-refractivity contribution in [3.05, 3.63) is 17.5 Å². The molecule has 1 saturated carbocycles. The van der Waals surface area contributed by atoms with Crippen LogP contribution in [0.3, 0.4) is 0 Å². The molecule has 3 N–H and O–H groups in total. The molecule has 1 aromatic rings. The zero-order chi connectivity index (χ0) is 20.2. The van der Waals surface area contributed by atoms with Gasteiger partial charge in [0.25, 0.3) is 5.91 Å². The van der Waals surface area contributed by atoms with Gasteiger partial charge in [-0.2, -0.15) is 0 Å². The first-order valence-electron chi connectivity index (χ1n) is 11.5. The van der Waals surface area contributed by atoms with Gasteiger partial charge in [0.1, 0.15) is 5.76 Å². The van der Waals surface area contributed by atoms with Crippen molar-refractivity contribution in [3.63, 3.8) is 0 Å². The van der Waals surface area contributed by atoms with Gasteiger partial charge < -0.3 is 20.3 Å². The molecule has 1 aromatic heterocycles. The minimum atomic E-state index is -0.0972. The number of nitrogens with one attached hydrogen (secondary N) is 2. The monoisotopic (exact) mass is 404 g/mol. The number of hydrogen-bond acceptors (Lipinski definition) is 6. The highest BCUT2D eigenvalue weighted by molar-refractivity contribution is 5.92. The van der Waals surface area contributed by atoms with Gasteiger partial charge in [-0.05, 0) is 57.3 Å². The first kappa shape index (κ1) is 20.8. The summed E-state index contributed by atoms with van der Waals surface area (Å²) in [5, 5.41) is 19.5. The predicted octanol–water partition coefficient (Wildman–Crippen LogP) is 2.10. The SMILES string of the molecule is CCc1cc(C(=O)NC2C[C@H]3CC[C@@H](C2)N3CC2CCC(NCCO)CC2)no1. The molecule has 0 radical (unpaired) electrons. The Morgan fingerprint density at radius 1 is 1.17 bits per heavy atom.